The Morgan fingerprint density at radius 3 is 2.43 bits per heavy atom. The SMILES string of the molecule is CNC(C(=O)N1CCC(Cc2ccc(Cl)c(Cl)c2)CC1)C(C)C. The zero-order valence-corrected chi connectivity index (χ0v) is 15.6. The third-order valence-corrected chi connectivity index (χ3v) is 5.42. The third-order valence-electron chi connectivity index (χ3n) is 4.68. The molecule has 1 aliphatic heterocycles. The first-order valence-electron chi connectivity index (χ1n) is 8.32. The van der Waals surface area contributed by atoms with Crippen molar-refractivity contribution in [1.29, 1.82) is 0 Å². The highest BCUT2D eigenvalue weighted by atomic mass is 35.5. The van der Waals surface area contributed by atoms with Crippen LogP contribution in [0, 0.1) is 11.8 Å². The van der Waals surface area contributed by atoms with E-state index in [0.29, 0.717) is 21.9 Å². The second kappa shape index (κ2) is 8.36. The van der Waals surface area contributed by atoms with Gasteiger partial charge in [0.05, 0.1) is 16.1 Å². The number of benzene rings is 1. The number of carbonyl (C=O) groups is 1. The maximum absolute atomic E-state index is 12.5. The quantitative estimate of drug-likeness (QED) is 0.863. The molecule has 1 unspecified atom stereocenters. The Labute approximate surface area is 149 Å². The molecule has 1 heterocycles. The average molecular weight is 357 g/mol. The summed E-state index contributed by atoms with van der Waals surface area (Å²) in [6, 6.07) is 5.78. The number of carbonyl (C=O) groups excluding carboxylic acids is 1. The van der Waals surface area contributed by atoms with Crippen molar-refractivity contribution in [3.05, 3.63) is 33.8 Å². The molecule has 1 amide bonds. The molecule has 5 heteroatoms. The van der Waals surface area contributed by atoms with Gasteiger partial charge in [-0.15, -0.1) is 0 Å². The smallest absolute Gasteiger partial charge is 0.239 e. The van der Waals surface area contributed by atoms with Gasteiger partial charge in [0.15, 0.2) is 0 Å². The van der Waals surface area contributed by atoms with Gasteiger partial charge in [0.25, 0.3) is 0 Å². The van der Waals surface area contributed by atoms with Gasteiger partial charge < -0.3 is 10.2 Å². The van der Waals surface area contributed by atoms with E-state index in [1.807, 2.05) is 30.1 Å². The Morgan fingerprint density at radius 2 is 1.91 bits per heavy atom. The van der Waals surface area contributed by atoms with Gasteiger partial charge in [-0.05, 0) is 55.8 Å². The summed E-state index contributed by atoms with van der Waals surface area (Å²) in [5.41, 5.74) is 1.22. The van der Waals surface area contributed by atoms with E-state index in [4.69, 9.17) is 23.2 Å². The van der Waals surface area contributed by atoms with E-state index < -0.39 is 0 Å². The standard InChI is InChI=1S/C18H26Cl2N2O/c1-12(2)17(21-3)18(23)22-8-6-13(7-9-22)10-14-4-5-15(19)16(20)11-14/h4-5,11-13,17,21H,6-10H2,1-3H3. The van der Waals surface area contributed by atoms with Gasteiger partial charge in [-0.1, -0.05) is 43.1 Å². The highest BCUT2D eigenvalue weighted by Gasteiger charge is 2.29. The molecular weight excluding hydrogens is 331 g/mol. The van der Waals surface area contributed by atoms with E-state index in [2.05, 4.69) is 19.2 Å². The molecule has 0 aromatic heterocycles. The van der Waals surface area contributed by atoms with Crippen molar-refractivity contribution in [2.75, 3.05) is 20.1 Å². The van der Waals surface area contributed by atoms with Gasteiger partial charge in [-0.25, -0.2) is 0 Å². The van der Waals surface area contributed by atoms with Crippen molar-refractivity contribution >= 4 is 29.1 Å². The maximum atomic E-state index is 12.5. The molecule has 0 saturated carbocycles. The summed E-state index contributed by atoms with van der Waals surface area (Å²) in [4.78, 5) is 14.6. The van der Waals surface area contributed by atoms with Gasteiger partial charge >= 0.3 is 0 Å². The first-order chi connectivity index (χ1) is 10.9. The van der Waals surface area contributed by atoms with Gasteiger partial charge in [-0.3, -0.25) is 4.79 Å². The fourth-order valence-electron chi connectivity index (χ4n) is 3.30. The summed E-state index contributed by atoms with van der Waals surface area (Å²) < 4.78 is 0. The summed E-state index contributed by atoms with van der Waals surface area (Å²) >= 11 is 12.0. The van der Waals surface area contributed by atoms with E-state index in [9.17, 15) is 4.79 Å². The van der Waals surface area contributed by atoms with Crippen LogP contribution in [-0.4, -0.2) is 37.0 Å². The van der Waals surface area contributed by atoms with E-state index in [0.717, 1.165) is 32.4 Å². The maximum Gasteiger partial charge on any atom is 0.239 e. The van der Waals surface area contributed by atoms with Gasteiger partial charge in [0, 0.05) is 13.1 Å². The van der Waals surface area contributed by atoms with E-state index in [1.54, 1.807) is 0 Å². The summed E-state index contributed by atoms with van der Waals surface area (Å²) in [6.45, 7) is 5.84. The van der Waals surface area contributed by atoms with Crippen molar-refractivity contribution in [3.8, 4) is 0 Å². The number of nitrogens with one attached hydrogen (secondary N) is 1. The molecule has 1 saturated heterocycles. The van der Waals surface area contributed by atoms with Crippen LogP contribution in [0.3, 0.4) is 0 Å². The van der Waals surface area contributed by atoms with Crippen LogP contribution in [-0.2, 0) is 11.2 Å². The first kappa shape index (κ1) is 18.6. The lowest BCUT2D eigenvalue weighted by atomic mass is 9.89. The molecule has 0 spiro atoms. The number of halogens is 2. The molecular formula is C18H26Cl2N2O. The van der Waals surface area contributed by atoms with Crippen LogP contribution in [0.25, 0.3) is 0 Å². The summed E-state index contributed by atoms with van der Waals surface area (Å²) in [6.07, 6.45) is 3.08. The fourth-order valence-corrected chi connectivity index (χ4v) is 3.62. The number of hydrogen-bond donors (Lipinski definition) is 1. The number of amides is 1. The molecule has 0 bridgehead atoms. The Hall–Kier alpha value is -0.770. The van der Waals surface area contributed by atoms with Crippen LogP contribution in [0.15, 0.2) is 18.2 Å². The molecule has 1 aromatic rings. The molecule has 1 fully saturated rings. The van der Waals surface area contributed by atoms with Crippen molar-refractivity contribution in [3.63, 3.8) is 0 Å². The van der Waals surface area contributed by atoms with Crippen LogP contribution in [0.5, 0.6) is 0 Å². The largest absolute Gasteiger partial charge is 0.341 e. The zero-order valence-electron chi connectivity index (χ0n) is 14.1. The zero-order chi connectivity index (χ0) is 17.0. The first-order valence-corrected chi connectivity index (χ1v) is 9.08. The van der Waals surface area contributed by atoms with Crippen LogP contribution in [0.4, 0.5) is 0 Å². The van der Waals surface area contributed by atoms with Gasteiger partial charge in [0.1, 0.15) is 0 Å². The molecule has 1 aromatic carbocycles. The lowest BCUT2D eigenvalue weighted by Crippen LogP contribution is -2.50. The van der Waals surface area contributed by atoms with Crippen LogP contribution in [0.2, 0.25) is 10.0 Å². The van der Waals surface area contributed by atoms with Crippen LogP contribution < -0.4 is 5.32 Å². The Kier molecular flexibility index (Phi) is 6.75. The molecule has 0 radical (unpaired) electrons. The minimum atomic E-state index is -0.0818. The highest BCUT2D eigenvalue weighted by molar-refractivity contribution is 6.42. The average Bonchev–Trinajstić information content (AvgIpc) is 2.52. The third kappa shape index (κ3) is 4.85. The molecule has 1 N–H and O–H groups in total. The topological polar surface area (TPSA) is 32.3 Å². The lowest BCUT2D eigenvalue weighted by molar-refractivity contribution is -0.135. The number of nitrogens with zero attached hydrogens (tertiary/aromatic N) is 1. The molecule has 23 heavy (non-hydrogen) atoms. The number of piperidine rings is 1. The van der Waals surface area contributed by atoms with Gasteiger partial charge in [-0.2, -0.15) is 0 Å². The Morgan fingerprint density at radius 1 is 1.26 bits per heavy atom. The second-order valence-corrected chi connectivity index (χ2v) is 7.55. The van der Waals surface area contributed by atoms with Gasteiger partial charge in [0.2, 0.25) is 5.91 Å². The van der Waals surface area contributed by atoms with Crippen LogP contribution in [0.1, 0.15) is 32.3 Å². The molecule has 1 atom stereocenters. The Balaban J connectivity index is 1.88. The van der Waals surface area contributed by atoms with Crippen molar-refractivity contribution in [2.45, 2.75) is 39.2 Å². The molecule has 2 rings (SSSR count). The number of hydrogen-bond acceptors (Lipinski definition) is 2. The minimum absolute atomic E-state index is 0.0818. The number of likely N-dealkylation sites (N-methyl/N-ethyl adjacent to an activating group) is 1. The predicted molar refractivity (Wildman–Crippen MR) is 97.2 cm³/mol. The number of likely N-dealkylation sites (tertiary alicyclic amines) is 1. The molecule has 128 valence electrons. The summed E-state index contributed by atoms with van der Waals surface area (Å²) in [7, 11) is 1.86. The minimum Gasteiger partial charge on any atom is -0.341 e. The van der Waals surface area contributed by atoms with Crippen LogP contribution >= 0.6 is 23.2 Å². The monoisotopic (exact) mass is 356 g/mol. The molecule has 0 aliphatic carbocycles. The van der Waals surface area contributed by atoms with Crippen molar-refractivity contribution in [2.24, 2.45) is 11.8 Å². The predicted octanol–water partition coefficient (Wildman–Crippen LogP) is 4.02. The van der Waals surface area contributed by atoms with Crippen molar-refractivity contribution < 1.29 is 4.79 Å². The Bertz CT molecular complexity index is 540. The van der Waals surface area contributed by atoms with Crippen molar-refractivity contribution in [1.82, 2.24) is 10.2 Å². The normalized spacial score (nSPS) is 17.6. The van der Waals surface area contributed by atoms with E-state index >= 15 is 0 Å². The summed E-state index contributed by atoms with van der Waals surface area (Å²) in [5.74, 6) is 1.14. The molecule has 1 aliphatic rings. The molecule has 3 nitrogen and oxygen atoms in total. The van der Waals surface area contributed by atoms with E-state index in [-0.39, 0.29) is 11.9 Å². The summed E-state index contributed by atoms with van der Waals surface area (Å²) in [5, 5.41) is 4.36. The highest BCUT2D eigenvalue weighted by Crippen LogP contribution is 2.27. The fraction of sp³-hybridized carbons (Fsp3) is 0.611. The lowest BCUT2D eigenvalue weighted by Gasteiger charge is -2.35. The second-order valence-electron chi connectivity index (χ2n) is 6.73. The van der Waals surface area contributed by atoms with E-state index in [1.165, 1.54) is 5.56 Å². The number of rotatable bonds is 5.